The van der Waals surface area contributed by atoms with Crippen molar-refractivity contribution in [3.05, 3.63) is 23.8 Å². The van der Waals surface area contributed by atoms with Gasteiger partial charge in [-0.25, -0.2) is 0 Å². The summed E-state index contributed by atoms with van der Waals surface area (Å²) in [5.41, 5.74) is 1.65. The average Bonchev–Trinajstić information content (AvgIpc) is 2.34. The van der Waals surface area contributed by atoms with Crippen molar-refractivity contribution in [3.8, 4) is 5.75 Å². The number of rotatable bonds is 6. The molecule has 0 radical (unpaired) electrons. The van der Waals surface area contributed by atoms with E-state index in [1.807, 2.05) is 18.2 Å². The highest BCUT2D eigenvalue weighted by Crippen LogP contribution is 2.31. The summed E-state index contributed by atoms with van der Waals surface area (Å²) >= 11 is 0. The Morgan fingerprint density at radius 3 is 2.32 bits per heavy atom. The highest BCUT2D eigenvalue weighted by molar-refractivity contribution is 6.02. The van der Waals surface area contributed by atoms with Gasteiger partial charge in [0, 0.05) is 12.6 Å². The molecule has 0 saturated heterocycles. The fourth-order valence-corrected chi connectivity index (χ4v) is 2.26. The molecule has 0 atom stereocenters. The summed E-state index contributed by atoms with van der Waals surface area (Å²) in [4.78, 5) is 14.2. The number of ether oxygens (including phenoxy) is 1. The predicted molar refractivity (Wildman–Crippen MR) is 80.3 cm³/mol. The normalized spacial score (nSPS) is 10.9. The van der Waals surface area contributed by atoms with Crippen molar-refractivity contribution in [2.45, 2.75) is 40.7 Å². The summed E-state index contributed by atoms with van der Waals surface area (Å²) in [7, 11) is 1.60. The highest BCUT2D eigenvalue weighted by Gasteiger charge is 2.20. The summed E-state index contributed by atoms with van der Waals surface area (Å²) in [6, 6.07) is 6.12. The van der Waals surface area contributed by atoms with E-state index in [0.29, 0.717) is 23.3 Å². The van der Waals surface area contributed by atoms with Crippen LogP contribution in [0.15, 0.2) is 18.2 Å². The number of ketones is 1. The molecule has 0 saturated carbocycles. The zero-order chi connectivity index (χ0) is 14.6. The van der Waals surface area contributed by atoms with E-state index in [0.717, 1.165) is 12.2 Å². The van der Waals surface area contributed by atoms with Gasteiger partial charge < -0.3 is 9.64 Å². The summed E-state index contributed by atoms with van der Waals surface area (Å²) in [6.45, 7) is 11.2. The van der Waals surface area contributed by atoms with E-state index in [4.69, 9.17) is 4.74 Å². The van der Waals surface area contributed by atoms with Crippen LogP contribution in [0.5, 0.6) is 5.75 Å². The zero-order valence-corrected chi connectivity index (χ0v) is 12.9. The number of methoxy groups -OCH3 is 1. The maximum absolute atomic E-state index is 12.0. The van der Waals surface area contributed by atoms with Crippen molar-refractivity contribution in [1.29, 1.82) is 0 Å². The first kappa shape index (κ1) is 15.5. The Labute approximate surface area is 116 Å². The van der Waals surface area contributed by atoms with Crippen molar-refractivity contribution in [2.75, 3.05) is 18.6 Å². The molecule has 0 heterocycles. The molecule has 0 amide bonds. The Bertz CT molecular complexity index is 438. The molecule has 0 N–H and O–H groups in total. The fourth-order valence-electron chi connectivity index (χ4n) is 2.26. The fraction of sp³-hybridized carbons (Fsp3) is 0.562. The SMILES string of the molecule is COc1cccc(N(CC(C)C)C(C)C)c1C(C)=O. The number of hydrogen-bond acceptors (Lipinski definition) is 3. The second-order valence-corrected chi connectivity index (χ2v) is 5.55. The van der Waals surface area contributed by atoms with E-state index >= 15 is 0 Å². The lowest BCUT2D eigenvalue weighted by Gasteiger charge is -2.32. The van der Waals surface area contributed by atoms with Crippen molar-refractivity contribution >= 4 is 11.5 Å². The molecule has 0 bridgehead atoms. The molecule has 0 aromatic heterocycles. The van der Waals surface area contributed by atoms with Gasteiger partial charge in [0.1, 0.15) is 5.75 Å². The number of hydrogen-bond donors (Lipinski definition) is 0. The number of anilines is 1. The molecule has 1 aromatic rings. The molecular weight excluding hydrogens is 238 g/mol. The zero-order valence-electron chi connectivity index (χ0n) is 12.9. The third-order valence-electron chi connectivity index (χ3n) is 3.07. The summed E-state index contributed by atoms with van der Waals surface area (Å²) < 4.78 is 5.33. The van der Waals surface area contributed by atoms with Gasteiger partial charge in [0.2, 0.25) is 0 Å². The van der Waals surface area contributed by atoms with Crippen molar-refractivity contribution in [1.82, 2.24) is 0 Å². The first-order valence-corrected chi connectivity index (χ1v) is 6.83. The molecule has 0 fully saturated rings. The Balaban J connectivity index is 3.33. The molecule has 0 unspecified atom stereocenters. The molecule has 19 heavy (non-hydrogen) atoms. The largest absolute Gasteiger partial charge is 0.496 e. The van der Waals surface area contributed by atoms with Gasteiger partial charge in [-0.1, -0.05) is 19.9 Å². The third kappa shape index (κ3) is 3.72. The molecule has 0 spiro atoms. The molecular formula is C16H25NO2. The minimum atomic E-state index is 0.0434. The Hall–Kier alpha value is -1.51. The summed E-state index contributed by atoms with van der Waals surface area (Å²) in [5.74, 6) is 1.23. The van der Waals surface area contributed by atoms with Gasteiger partial charge in [-0.05, 0) is 38.8 Å². The molecule has 0 aliphatic rings. The smallest absolute Gasteiger partial charge is 0.165 e. The highest BCUT2D eigenvalue weighted by atomic mass is 16.5. The Morgan fingerprint density at radius 1 is 1.26 bits per heavy atom. The van der Waals surface area contributed by atoms with Crippen LogP contribution in [0, 0.1) is 5.92 Å². The molecule has 3 nitrogen and oxygen atoms in total. The van der Waals surface area contributed by atoms with Crippen molar-refractivity contribution in [3.63, 3.8) is 0 Å². The number of nitrogens with zero attached hydrogens (tertiary/aromatic N) is 1. The van der Waals surface area contributed by atoms with Crippen LogP contribution in [0.2, 0.25) is 0 Å². The van der Waals surface area contributed by atoms with Gasteiger partial charge in [-0.15, -0.1) is 0 Å². The maximum Gasteiger partial charge on any atom is 0.165 e. The van der Waals surface area contributed by atoms with Crippen LogP contribution in [-0.4, -0.2) is 25.5 Å². The maximum atomic E-state index is 12.0. The lowest BCUT2D eigenvalue weighted by atomic mass is 10.0. The number of carbonyl (C=O) groups is 1. The average molecular weight is 263 g/mol. The minimum absolute atomic E-state index is 0.0434. The number of carbonyl (C=O) groups excluding carboxylic acids is 1. The van der Waals surface area contributed by atoms with E-state index in [-0.39, 0.29) is 5.78 Å². The topological polar surface area (TPSA) is 29.5 Å². The number of benzene rings is 1. The van der Waals surface area contributed by atoms with E-state index in [9.17, 15) is 4.79 Å². The Kier molecular flexibility index (Phi) is 5.40. The number of Topliss-reactive ketones (excluding diaryl/α,β-unsaturated/α-hetero) is 1. The van der Waals surface area contributed by atoms with Crippen LogP contribution < -0.4 is 9.64 Å². The predicted octanol–water partition coefficient (Wildman–Crippen LogP) is 3.77. The van der Waals surface area contributed by atoms with Crippen molar-refractivity contribution < 1.29 is 9.53 Å². The van der Waals surface area contributed by atoms with Crippen LogP contribution in [0.1, 0.15) is 45.0 Å². The van der Waals surface area contributed by atoms with E-state index in [2.05, 4.69) is 32.6 Å². The summed E-state index contributed by atoms with van der Waals surface area (Å²) in [5, 5.41) is 0. The third-order valence-corrected chi connectivity index (χ3v) is 3.07. The molecule has 106 valence electrons. The van der Waals surface area contributed by atoms with E-state index in [1.54, 1.807) is 14.0 Å². The molecule has 1 rings (SSSR count). The van der Waals surface area contributed by atoms with Crippen LogP contribution >= 0.6 is 0 Å². The van der Waals surface area contributed by atoms with Crippen LogP contribution in [0.4, 0.5) is 5.69 Å². The van der Waals surface area contributed by atoms with E-state index in [1.165, 1.54) is 0 Å². The lowest BCUT2D eigenvalue weighted by Crippen LogP contribution is -2.35. The second kappa shape index (κ2) is 6.60. The molecule has 0 aliphatic heterocycles. The van der Waals surface area contributed by atoms with Gasteiger partial charge in [-0.3, -0.25) is 4.79 Å². The molecule has 1 aromatic carbocycles. The molecule has 3 heteroatoms. The van der Waals surface area contributed by atoms with Gasteiger partial charge >= 0.3 is 0 Å². The standard InChI is InChI=1S/C16H25NO2/c1-11(2)10-17(12(3)4)14-8-7-9-15(19-6)16(14)13(5)18/h7-9,11-12H,10H2,1-6H3. The van der Waals surface area contributed by atoms with Gasteiger partial charge in [0.25, 0.3) is 0 Å². The quantitative estimate of drug-likeness (QED) is 0.732. The van der Waals surface area contributed by atoms with E-state index < -0.39 is 0 Å². The van der Waals surface area contributed by atoms with Gasteiger partial charge in [-0.2, -0.15) is 0 Å². The monoisotopic (exact) mass is 263 g/mol. The lowest BCUT2D eigenvalue weighted by molar-refractivity contribution is 0.101. The molecule has 0 aliphatic carbocycles. The minimum Gasteiger partial charge on any atom is -0.496 e. The Morgan fingerprint density at radius 2 is 1.89 bits per heavy atom. The second-order valence-electron chi connectivity index (χ2n) is 5.55. The van der Waals surface area contributed by atoms with Crippen LogP contribution in [0.25, 0.3) is 0 Å². The summed E-state index contributed by atoms with van der Waals surface area (Å²) in [6.07, 6.45) is 0. The first-order chi connectivity index (χ1) is 8.88. The van der Waals surface area contributed by atoms with Crippen LogP contribution in [-0.2, 0) is 0 Å². The van der Waals surface area contributed by atoms with Crippen LogP contribution in [0.3, 0.4) is 0 Å². The first-order valence-electron chi connectivity index (χ1n) is 6.83. The van der Waals surface area contributed by atoms with Gasteiger partial charge in [0.15, 0.2) is 5.78 Å². The van der Waals surface area contributed by atoms with Crippen molar-refractivity contribution in [2.24, 2.45) is 5.92 Å². The van der Waals surface area contributed by atoms with Gasteiger partial charge in [0.05, 0.1) is 18.4 Å².